The van der Waals surface area contributed by atoms with E-state index in [4.69, 9.17) is 4.74 Å². The second kappa shape index (κ2) is 12.7. The predicted octanol–water partition coefficient (Wildman–Crippen LogP) is 5.10. The molecule has 1 N–H and O–H groups in total. The first-order valence-corrected chi connectivity index (χ1v) is 13.0. The largest absolute Gasteiger partial charge is 0.497 e. The summed E-state index contributed by atoms with van der Waals surface area (Å²) in [6.45, 7) is 4.30. The van der Waals surface area contributed by atoms with Crippen LogP contribution in [0.4, 0.5) is 0 Å². The van der Waals surface area contributed by atoms with Crippen LogP contribution >= 0.6 is 11.8 Å². The smallest absolute Gasteiger partial charge is 0.242 e. The second-order valence-electron chi connectivity index (χ2n) is 8.87. The summed E-state index contributed by atoms with van der Waals surface area (Å²) in [5, 5.41) is 3.19. The first-order chi connectivity index (χ1) is 16.0. The fourth-order valence-corrected chi connectivity index (χ4v) is 4.97. The minimum absolute atomic E-state index is 0.0192. The van der Waals surface area contributed by atoms with Gasteiger partial charge in [-0.05, 0) is 49.9 Å². The summed E-state index contributed by atoms with van der Waals surface area (Å²) >= 11 is 1.59. The fraction of sp³-hybridized carbons (Fsp3) is 0.481. The van der Waals surface area contributed by atoms with E-state index in [1.807, 2.05) is 31.2 Å². The standard InChI is InChI=1S/C27H36N2O3S/c1-20-9-11-23(12-10-20)18-33-19-26(30)29(17-22-13-15-25(32-3)16-14-22)21(2)27(31)28-24-7-5-4-6-8-24/h9-16,21,24H,4-8,17-19H2,1-3H3,(H,28,31)/t21-/m0/s1. The Morgan fingerprint density at radius 2 is 1.67 bits per heavy atom. The first kappa shape index (κ1) is 25.2. The highest BCUT2D eigenvalue weighted by atomic mass is 32.2. The minimum Gasteiger partial charge on any atom is -0.497 e. The summed E-state index contributed by atoms with van der Waals surface area (Å²) in [7, 11) is 1.63. The Balaban J connectivity index is 1.65. The number of ether oxygens (including phenoxy) is 1. The average Bonchev–Trinajstić information content (AvgIpc) is 2.84. The van der Waals surface area contributed by atoms with Gasteiger partial charge >= 0.3 is 0 Å². The summed E-state index contributed by atoms with van der Waals surface area (Å²) in [5.74, 6) is 1.80. The Kier molecular flexibility index (Phi) is 9.67. The molecule has 1 fully saturated rings. The number of hydrogen-bond acceptors (Lipinski definition) is 4. The molecular weight excluding hydrogens is 432 g/mol. The van der Waals surface area contributed by atoms with Crippen molar-refractivity contribution in [2.24, 2.45) is 0 Å². The molecule has 1 aliphatic rings. The zero-order valence-corrected chi connectivity index (χ0v) is 20.8. The van der Waals surface area contributed by atoms with Crippen LogP contribution in [-0.4, -0.2) is 41.7 Å². The van der Waals surface area contributed by atoms with Gasteiger partial charge in [-0.15, -0.1) is 11.8 Å². The van der Waals surface area contributed by atoms with Crippen LogP contribution < -0.4 is 10.1 Å². The number of nitrogens with one attached hydrogen (secondary N) is 1. The van der Waals surface area contributed by atoms with Crippen molar-refractivity contribution in [1.82, 2.24) is 10.2 Å². The third-order valence-electron chi connectivity index (χ3n) is 6.25. The van der Waals surface area contributed by atoms with E-state index in [0.29, 0.717) is 12.3 Å². The molecule has 1 saturated carbocycles. The molecule has 1 atom stereocenters. The van der Waals surface area contributed by atoms with Crippen LogP contribution in [0.5, 0.6) is 5.75 Å². The summed E-state index contributed by atoms with van der Waals surface area (Å²) in [5.41, 5.74) is 3.40. The van der Waals surface area contributed by atoms with Gasteiger partial charge in [0.1, 0.15) is 11.8 Å². The van der Waals surface area contributed by atoms with Gasteiger partial charge in [0.25, 0.3) is 0 Å². The molecule has 33 heavy (non-hydrogen) atoms. The van der Waals surface area contributed by atoms with Gasteiger partial charge in [-0.2, -0.15) is 0 Å². The van der Waals surface area contributed by atoms with Crippen LogP contribution in [0.3, 0.4) is 0 Å². The summed E-state index contributed by atoms with van der Waals surface area (Å²) in [4.78, 5) is 28.0. The normalized spacial score (nSPS) is 15.0. The van der Waals surface area contributed by atoms with Gasteiger partial charge in [-0.1, -0.05) is 61.2 Å². The molecule has 0 bridgehead atoms. The van der Waals surface area contributed by atoms with Crippen molar-refractivity contribution in [3.8, 4) is 5.75 Å². The molecule has 0 aliphatic heterocycles. The predicted molar refractivity (Wildman–Crippen MR) is 135 cm³/mol. The van der Waals surface area contributed by atoms with E-state index in [1.54, 1.807) is 23.8 Å². The molecule has 178 valence electrons. The van der Waals surface area contributed by atoms with Gasteiger partial charge in [0.15, 0.2) is 0 Å². The molecular formula is C27H36N2O3S. The lowest BCUT2D eigenvalue weighted by Crippen LogP contribution is -2.50. The number of thioether (sulfide) groups is 1. The molecule has 5 nitrogen and oxygen atoms in total. The lowest BCUT2D eigenvalue weighted by atomic mass is 9.95. The van der Waals surface area contributed by atoms with Crippen LogP contribution in [0.2, 0.25) is 0 Å². The van der Waals surface area contributed by atoms with Crippen molar-refractivity contribution < 1.29 is 14.3 Å². The van der Waals surface area contributed by atoms with E-state index in [0.717, 1.165) is 42.7 Å². The highest BCUT2D eigenvalue weighted by Gasteiger charge is 2.28. The van der Waals surface area contributed by atoms with E-state index in [1.165, 1.54) is 17.5 Å². The number of amides is 2. The number of carbonyl (C=O) groups is 2. The molecule has 2 amide bonds. The monoisotopic (exact) mass is 468 g/mol. The molecule has 2 aromatic rings. The maximum atomic E-state index is 13.3. The topological polar surface area (TPSA) is 58.6 Å². The Labute approximate surface area is 202 Å². The third-order valence-corrected chi connectivity index (χ3v) is 7.23. The Morgan fingerprint density at radius 3 is 2.30 bits per heavy atom. The molecule has 1 aliphatic carbocycles. The Morgan fingerprint density at radius 1 is 1.03 bits per heavy atom. The maximum Gasteiger partial charge on any atom is 0.242 e. The Hall–Kier alpha value is -2.47. The van der Waals surface area contributed by atoms with Gasteiger partial charge in [0.2, 0.25) is 11.8 Å². The maximum absolute atomic E-state index is 13.3. The van der Waals surface area contributed by atoms with Crippen molar-refractivity contribution in [2.45, 2.75) is 70.3 Å². The van der Waals surface area contributed by atoms with E-state index in [2.05, 4.69) is 36.5 Å². The molecule has 0 aromatic heterocycles. The lowest BCUT2D eigenvalue weighted by Gasteiger charge is -2.31. The number of carbonyl (C=O) groups excluding carboxylic acids is 2. The van der Waals surface area contributed by atoms with Crippen molar-refractivity contribution in [3.05, 3.63) is 65.2 Å². The average molecular weight is 469 g/mol. The molecule has 2 aromatic carbocycles. The van der Waals surface area contributed by atoms with Crippen LogP contribution in [0, 0.1) is 6.92 Å². The van der Waals surface area contributed by atoms with Crippen LogP contribution in [0.25, 0.3) is 0 Å². The third kappa shape index (κ3) is 7.81. The number of methoxy groups -OCH3 is 1. The minimum atomic E-state index is -0.526. The molecule has 0 spiro atoms. The van der Waals surface area contributed by atoms with Gasteiger partial charge in [0, 0.05) is 18.3 Å². The lowest BCUT2D eigenvalue weighted by molar-refractivity contribution is -0.139. The van der Waals surface area contributed by atoms with Crippen molar-refractivity contribution in [1.29, 1.82) is 0 Å². The Bertz CT molecular complexity index is 893. The fourth-order valence-electron chi connectivity index (χ4n) is 4.10. The van der Waals surface area contributed by atoms with Gasteiger partial charge in [-0.3, -0.25) is 9.59 Å². The number of rotatable bonds is 10. The van der Waals surface area contributed by atoms with E-state index < -0.39 is 6.04 Å². The quantitative estimate of drug-likeness (QED) is 0.527. The molecule has 0 unspecified atom stereocenters. The summed E-state index contributed by atoms with van der Waals surface area (Å²) in [6.07, 6.45) is 5.60. The van der Waals surface area contributed by atoms with Gasteiger partial charge in [0.05, 0.1) is 12.9 Å². The highest BCUT2D eigenvalue weighted by molar-refractivity contribution is 7.99. The molecule has 6 heteroatoms. The van der Waals surface area contributed by atoms with Crippen LogP contribution in [0.15, 0.2) is 48.5 Å². The highest BCUT2D eigenvalue weighted by Crippen LogP contribution is 2.20. The van der Waals surface area contributed by atoms with Gasteiger partial charge < -0.3 is 15.0 Å². The zero-order chi connectivity index (χ0) is 23.6. The van der Waals surface area contributed by atoms with E-state index in [9.17, 15) is 9.59 Å². The zero-order valence-electron chi connectivity index (χ0n) is 20.0. The second-order valence-corrected chi connectivity index (χ2v) is 9.85. The SMILES string of the molecule is COc1ccc(CN(C(=O)CSCc2ccc(C)cc2)[C@@H](C)C(=O)NC2CCCCC2)cc1. The summed E-state index contributed by atoms with van der Waals surface area (Å²) < 4.78 is 5.25. The number of hydrogen-bond donors (Lipinski definition) is 1. The van der Waals surface area contributed by atoms with Crippen LogP contribution in [0.1, 0.15) is 55.7 Å². The molecule has 0 radical (unpaired) electrons. The molecule has 0 heterocycles. The van der Waals surface area contributed by atoms with Crippen LogP contribution in [-0.2, 0) is 21.9 Å². The summed E-state index contributed by atoms with van der Waals surface area (Å²) in [6, 6.07) is 15.7. The number of nitrogens with zero attached hydrogens (tertiary/aromatic N) is 1. The van der Waals surface area contributed by atoms with Crippen molar-refractivity contribution in [2.75, 3.05) is 12.9 Å². The van der Waals surface area contributed by atoms with E-state index in [-0.39, 0.29) is 17.9 Å². The van der Waals surface area contributed by atoms with Gasteiger partial charge in [-0.25, -0.2) is 0 Å². The molecule has 0 saturated heterocycles. The number of aryl methyl sites for hydroxylation is 1. The van der Waals surface area contributed by atoms with Crippen molar-refractivity contribution >= 4 is 23.6 Å². The van der Waals surface area contributed by atoms with Crippen molar-refractivity contribution in [3.63, 3.8) is 0 Å². The van der Waals surface area contributed by atoms with E-state index >= 15 is 0 Å². The molecule has 3 rings (SSSR count). The number of benzene rings is 2. The first-order valence-electron chi connectivity index (χ1n) is 11.8.